The molecule has 7 nitrogen and oxygen atoms in total. The normalized spacial score (nSPS) is 13.1. The van der Waals surface area contributed by atoms with Crippen LogP contribution in [0.15, 0.2) is 42.5 Å². The van der Waals surface area contributed by atoms with Crippen LogP contribution in [-0.2, 0) is 0 Å². The van der Waals surface area contributed by atoms with Gasteiger partial charge in [0.2, 0.25) is 0 Å². The van der Waals surface area contributed by atoms with E-state index in [4.69, 9.17) is 0 Å². The summed E-state index contributed by atoms with van der Waals surface area (Å²) in [6.45, 7) is 4.10. The van der Waals surface area contributed by atoms with Gasteiger partial charge in [-0.25, -0.2) is 0 Å². The van der Waals surface area contributed by atoms with E-state index in [2.05, 4.69) is 5.32 Å². The molecule has 0 fully saturated rings. The van der Waals surface area contributed by atoms with Crippen molar-refractivity contribution in [1.82, 2.24) is 4.90 Å². The summed E-state index contributed by atoms with van der Waals surface area (Å²) in [5.41, 5.74) is 0.511. The summed E-state index contributed by atoms with van der Waals surface area (Å²) in [6, 6.07) is 10.1. The number of nitrogens with zero attached hydrogens (tertiary/aromatic N) is 1. The third-order valence-corrected chi connectivity index (χ3v) is 4.18. The number of aromatic carboxylic acids is 1. The third-order valence-electron chi connectivity index (χ3n) is 4.18. The van der Waals surface area contributed by atoms with Gasteiger partial charge in [0.05, 0.1) is 22.8 Å². The van der Waals surface area contributed by atoms with E-state index in [0.29, 0.717) is 6.54 Å². The van der Waals surface area contributed by atoms with Crippen LogP contribution in [0.5, 0.6) is 0 Å². The van der Waals surface area contributed by atoms with Crippen molar-refractivity contribution in [3.05, 3.63) is 64.7 Å². The Bertz CT molecular complexity index is 965. The van der Waals surface area contributed by atoms with Crippen LogP contribution in [-0.4, -0.2) is 35.1 Å². The van der Waals surface area contributed by atoms with Crippen LogP contribution in [0.3, 0.4) is 0 Å². The summed E-state index contributed by atoms with van der Waals surface area (Å²) in [5.74, 6) is -2.69. The Hall–Kier alpha value is -3.48. The SMILES string of the molecule is CC(C)CN1C(=O)c2ccc(C(=O)Nc3ccccc3C(=O)[O-])cc2C1=O. The van der Waals surface area contributed by atoms with Gasteiger partial charge in [0, 0.05) is 17.7 Å². The molecule has 138 valence electrons. The molecule has 1 aliphatic heterocycles. The molecule has 0 bridgehead atoms. The molecule has 7 heteroatoms. The topological polar surface area (TPSA) is 107 Å². The Labute approximate surface area is 155 Å². The maximum atomic E-state index is 12.5. The Morgan fingerprint density at radius 3 is 2.37 bits per heavy atom. The molecule has 1 heterocycles. The smallest absolute Gasteiger partial charge is 0.261 e. The van der Waals surface area contributed by atoms with Crippen LogP contribution >= 0.6 is 0 Å². The van der Waals surface area contributed by atoms with Crippen molar-refractivity contribution >= 4 is 29.4 Å². The lowest BCUT2D eigenvalue weighted by atomic mass is 10.0. The number of carbonyl (C=O) groups excluding carboxylic acids is 4. The molecular weight excluding hydrogens is 348 g/mol. The van der Waals surface area contributed by atoms with Crippen molar-refractivity contribution in [2.24, 2.45) is 5.92 Å². The second kappa shape index (κ2) is 7.03. The highest BCUT2D eigenvalue weighted by atomic mass is 16.4. The number of carboxylic acids is 1. The lowest BCUT2D eigenvalue weighted by molar-refractivity contribution is -0.254. The van der Waals surface area contributed by atoms with Gasteiger partial charge in [0.15, 0.2) is 0 Å². The van der Waals surface area contributed by atoms with Crippen molar-refractivity contribution < 1.29 is 24.3 Å². The number of nitrogens with one attached hydrogen (secondary N) is 1. The summed E-state index contributed by atoms with van der Waals surface area (Å²) >= 11 is 0. The van der Waals surface area contributed by atoms with Gasteiger partial charge >= 0.3 is 0 Å². The second-order valence-corrected chi connectivity index (χ2v) is 6.66. The first-order valence-electron chi connectivity index (χ1n) is 8.41. The molecular formula is C20H17N2O5-. The number of para-hydroxylation sites is 1. The number of benzene rings is 2. The van der Waals surface area contributed by atoms with E-state index in [9.17, 15) is 24.3 Å². The highest BCUT2D eigenvalue weighted by Crippen LogP contribution is 2.25. The molecule has 0 saturated heterocycles. The van der Waals surface area contributed by atoms with Gasteiger partial charge in [-0.2, -0.15) is 0 Å². The monoisotopic (exact) mass is 365 g/mol. The van der Waals surface area contributed by atoms with Gasteiger partial charge in [-0.05, 0) is 30.2 Å². The van der Waals surface area contributed by atoms with Crippen molar-refractivity contribution in [2.45, 2.75) is 13.8 Å². The zero-order valence-electron chi connectivity index (χ0n) is 14.8. The highest BCUT2D eigenvalue weighted by Gasteiger charge is 2.36. The number of amides is 3. The molecule has 0 radical (unpaired) electrons. The van der Waals surface area contributed by atoms with Crippen molar-refractivity contribution in [3.63, 3.8) is 0 Å². The molecule has 1 N–H and O–H groups in total. The first-order valence-corrected chi connectivity index (χ1v) is 8.41. The summed E-state index contributed by atoms with van der Waals surface area (Å²) < 4.78 is 0. The second-order valence-electron chi connectivity index (χ2n) is 6.66. The quantitative estimate of drug-likeness (QED) is 0.809. The van der Waals surface area contributed by atoms with Gasteiger partial charge in [-0.3, -0.25) is 19.3 Å². The molecule has 2 aromatic rings. The molecule has 0 saturated carbocycles. The van der Waals surface area contributed by atoms with E-state index in [1.807, 2.05) is 13.8 Å². The van der Waals surface area contributed by atoms with Crippen LogP contribution in [0.1, 0.15) is 55.3 Å². The first-order chi connectivity index (χ1) is 12.8. The Morgan fingerprint density at radius 1 is 1.04 bits per heavy atom. The molecule has 0 aromatic heterocycles. The molecule has 27 heavy (non-hydrogen) atoms. The van der Waals surface area contributed by atoms with E-state index >= 15 is 0 Å². The van der Waals surface area contributed by atoms with E-state index in [1.54, 1.807) is 6.07 Å². The molecule has 0 spiro atoms. The number of hydrogen-bond donors (Lipinski definition) is 1. The van der Waals surface area contributed by atoms with Crippen LogP contribution in [0.4, 0.5) is 5.69 Å². The highest BCUT2D eigenvalue weighted by molar-refractivity contribution is 6.22. The average Bonchev–Trinajstić information content (AvgIpc) is 2.86. The third kappa shape index (κ3) is 3.44. The number of carboxylic acid groups (broad SMARTS) is 1. The lowest BCUT2D eigenvalue weighted by Crippen LogP contribution is -2.33. The fraction of sp³-hybridized carbons (Fsp3) is 0.200. The Morgan fingerprint density at radius 2 is 1.70 bits per heavy atom. The number of anilines is 1. The van der Waals surface area contributed by atoms with Gasteiger partial charge in [-0.1, -0.05) is 32.0 Å². The predicted octanol–water partition coefficient (Wildman–Crippen LogP) is 1.55. The summed E-state index contributed by atoms with van der Waals surface area (Å²) in [7, 11) is 0. The van der Waals surface area contributed by atoms with Gasteiger partial charge in [0.1, 0.15) is 0 Å². The van der Waals surface area contributed by atoms with E-state index in [1.165, 1.54) is 41.3 Å². The number of carbonyl (C=O) groups is 4. The number of fused-ring (bicyclic) bond motifs is 1. The maximum absolute atomic E-state index is 12.5. The van der Waals surface area contributed by atoms with Gasteiger partial charge in [0.25, 0.3) is 17.7 Å². The van der Waals surface area contributed by atoms with E-state index < -0.39 is 17.8 Å². The summed E-state index contributed by atoms with van der Waals surface area (Å²) in [5, 5.41) is 13.6. The molecule has 3 amide bonds. The maximum Gasteiger partial charge on any atom is 0.261 e. The Balaban J connectivity index is 1.88. The van der Waals surface area contributed by atoms with Crippen molar-refractivity contribution in [1.29, 1.82) is 0 Å². The predicted molar refractivity (Wildman–Crippen MR) is 95.4 cm³/mol. The summed E-state index contributed by atoms with van der Waals surface area (Å²) in [4.78, 5) is 49.7. The zero-order valence-corrected chi connectivity index (χ0v) is 14.8. The minimum Gasteiger partial charge on any atom is -0.545 e. The average molecular weight is 365 g/mol. The number of imide groups is 1. The molecule has 0 unspecified atom stereocenters. The number of hydrogen-bond acceptors (Lipinski definition) is 5. The van der Waals surface area contributed by atoms with Crippen molar-refractivity contribution in [3.8, 4) is 0 Å². The molecule has 0 atom stereocenters. The van der Waals surface area contributed by atoms with Gasteiger partial charge < -0.3 is 15.2 Å². The minimum absolute atomic E-state index is 0.0897. The number of rotatable bonds is 5. The lowest BCUT2D eigenvalue weighted by Gasteiger charge is -2.15. The van der Waals surface area contributed by atoms with Crippen LogP contribution in [0.25, 0.3) is 0 Å². The molecule has 1 aliphatic rings. The molecule has 2 aromatic carbocycles. The fourth-order valence-electron chi connectivity index (χ4n) is 2.93. The summed E-state index contributed by atoms with van der Waals surface area (Å²) in [6.07, 6.45) is 0. The van der Waals surface area contributed by atoms with Crippen molar-refractivity contribution in [2.75, 3.05) is 11.9 Å². The first kappa shape index (κ1) is 18.3. The van der Waals surface area contributed by atoms with E-state index in [-0.39, 0.29) is 39.8 Å². The standard InChI is InChI=1S/C20H18N2O5/c1-11(2)10-22-18(24)13-8-7-12(9-15(13)19(22)25)17(23)21-16-6-4-3-5-14(16)20(26)27/h3-9,11H,10H2,1-2H3,(H,21,23)(H,26,27)/p-1. The molecule has 3 rings (SSSR count). The zero-order chi connectivity index (χ0) is 19.7. The van der Waals surface area contributed by atoms with E-state index in [0.717, 1.165) is 0 Å². The van der Waals surface area contributed by atoms with Crippen LogP contribution in [0, 0.1) is 5.92 Å². The van der Waals surface area contributed by atoms with Crippen LogP contribution in [0.2, 0.25) is 0 Å². The fourth-order valence-corrected chi connectivity index (χ4v) is 2.93. The Kier molecular flexibility index (Phi) is 4.77. The minimum atomic E-state index is -1.41. The van der Waals surface area contributed by atoms with Crippen LogP contribution < -0.4 is 10.4 Å². The largest absolute Gasteiger partial charge is 0.545 e. The molecule has 0 aliphatic carbocycles. The van der Waals surface area contributed by atoms with Gasteiger partial charge in [-0.15, -0.1) is 0 Å².